The van der Waals surface area contributed by atoms with Crippen molar-refractivity contribution in [3.05, 3.63) is 65.8 Å². The minimum absolute atomic E-state index is 0.0749. The molecule has 0 spiro atoms. The minimum Gasteiger partial charge on any atom is -0.341 e. The molecule has 1 aliphatic rings. The van der Waals surface area contributed by atoms with E-state index in [1.165, 1.54) is 40.7 Å². The van der Waals surface area contributed by atoms with E-state index in [0.29, 0.717) is 12.1 Å². The second kappa shape index (κ2) is 9.40. The average molecular weight is 473 g/mol. The van der Waals surface area contributed by atoms with Gasteiger partial charge in [-0.2, -0.15) is 9.29 Å². The largest absolute Gasteiger partial charge is 0.341 e. The second-order valence-electron chi connectivity index (χ2n) is 8.15. The number of nitrogens with one attached hydrogen (secondary N) is 1. The van der Waals surface area contributed by atoms with Gasteiger partial charge in [-0.15, -0.1) is 0 Å². The normalized spacial score (nSPS) is 18.1. The van der Waals surface area contributed by atoms with E-state index in [4.69, 9.17) is 4.52 Å². The van der Waals surface area contributed by atoms with Gasteiger partial charge in [0.15, 0.2) is 0 Å². The highest BCUT2D eigenvalue weighted by atomic mass is 32.2. The van der Waals surface area contributed by atoms with Gasteiger partial charge in [0.2, 0.25) is 21.7 Å². The molecule has 174 valence electrons. The van der Waals surface area contributed by atoms with Gasteiger partial charge < -0.3 is 9.84 Å². The zero-order chi connectivity index (χ0) is 23.6. The van der Waals surface area contributed by atoms with Crippen LogP contribution >= 0.6 is 0 Å². The lowest BCUT2D eigenvalue weighted by Gasteiger charge is -2.32. The summed E-state index contributed by atoms with van der Waals surface area (Å²) in [5, 5.41) is 6.63. The number of halogens is 1. The summed E-state index contributed by atoms with van der Waals surface area (Å²) >= 11 is 0. The Kier molecular flexibility index (Phi) is 6.57. The molecule has 2 atom stereocenters. The van der Waals surface area contributed by atoms with Crippen LogP contribution in [0.15, 0.2) is 57.9 Å². The number of hydrogen-bond acceptors (Lipinski definition) is 6. The van der Waals surface area contributed by atoms with Crippen molar-refractivity contribution >= 4 is 15.9 Å². The van der Waals surface area contributed by atoms with Crippen LogP contribution in [0.3, 0.4) is 0 Å². The molecule has 0 radical (unpaired) electrons. The lowest BCUT2D eigenvalue weighted by atomic mass is 10.1. The number of sulfonamides is 1. The first-order valence-electron chi connectivity index (χ1n) is 10.8. The third-order valence-corrected chi connectivity index (χ3v) is 7.72. The standard InChI is InChI=1S/C23H25FN4O4S/c1-15-6-3-4-13-28(15)33(30,31)20-8-5-7-18(14-20)22(29)25-16(2)23-26-21(27-32-23)17-9-11-19(24)12-10-17/h5,7-12,14-16H,3-4,6,13H2,1-2H3,(H,25,29). The van der Waals surface area contributed by atoms with E-state index in [0.717, 1.165) is 19.3 Å². The number of aromatic nitrogens is 2. The molecule has 33 heavy (non-hydrogen) atoms. The van der Waals surface area contributed by atoms with Crippen molar-refractivity contribution in [1.29, 1.82) is 0 Å². The third-order valence-electron chi connectivity index (χ3n) is 5.71. The van der Waals surface area contributed by atoms with Crippen LogP contribution in [-0.2, 0) is 10.0 Å². The monoisotopic (exact) mass is 472 g/mol. The molecule has 3 aromatic rings. The Hall–Kier alpha value is -3.11. The summed E-state index contributed by atoms with van der Waals surface area (Å²) in [6, 6.07) is 10.9. The highest BCUT2D eigenvalue weighted by Crippen LogP contribution is 2.26. The second-order valence-corrected chi connectivity index (χ2v) is 10.0. The van der Waals surface area contributed by atoms with Crippen molar-refractivity contribution in [2.24, 2.45) is 0 Å². The quantitative estimate of drug-likeness (QED) is 0.583. The molecule has 1 amide bonds. The van der Waals surface area contributed by atoms with Crippen molar-refractivity contribution in [3.8, 4) is 11.4 Å². The molecule has 8 nitrogen and oxygen atoms in total. The van der Waals surface area contributed by atoms with Crippen molar-refractivity contribution in [2.45, 2.75) is 50.1 Å². The molecular formula is C23H25FN4O4S. The highest BCUT2D eigenvalue weighted by Gasteiger charge is 2.31. The zero-order valence-electron chi connectivity index (χ0n) is 18.4. The summed E-state index contributed by atoms with van der Waals surface area (Å²) in [5.41, 5.74) is 0.792. The molecule has 2 heterocycles. The van der Waals surface area contributed by atoms with Crippen LogP contribution in [0.25, 0.3) is 11.4 Å². The van der Waals surface area contributed by atoms with Crippen molar-refractivity contribution < 1.29 is 22.1 Å². The van der Waals surface area contributed by atoms with Crippen LogP contribution in [-0.4, -0.2) is 41.4 Å². The fourth-order valence-corrected chi connectivity index (χ4v) is 5.58. The highest BCUT2D eigenvalue weighted by molar-refractivity contribution is 7.89. The summed E-state index contributed by atoms with van der Waals surface area (Å²) < 4.78 is 46.1. The van der Waals surface area contributed by atoms with Gasteiger partial charge >= 0.3 is 0 Å². The molecule has 2 unspecified atom stereocenters. The number of carbonyl (C=O) groups is 1. The first-order valence-corrected chi connectivity index (χ1v) is 12.2. The number of hydrogen-bond donors (Lipinski definition) is 1. The van der Waals surface area contributed by atoms with Gasteiger partial charge in [-0.25, -0.2) is 12.8 Å². The molecule has 1 aromatic heterocycles. The molecule has 1 N–H and O–H groups in total. The topological polar surface area (TPSA) is 105 Å². The van der Waals surface area contributed by atoms with Gasteiger partial charge in [-0.05, 0) is 69.2 Å². The van der Waals surface area contributed by atoms with E-state index in [1.807, 2.05) is 6.92 Å². The summed E-state index contributed by atoms with van der Waals surface area (Å²) in [4.78, 5) is 17.2. The van der Waals surface area contributed by atoms with Crippen molar-refractivity contribution in [3.63, 3.8) is 0 Å². The van der Waals surface area contributed by atoms with Crippen LogP contribution in [0.4, 0.5) is 4.39 Å². The maximum atomic E-state index is 13.1. The van der Waals surface area contributed by atoms with E-state index in [1.54, 1.807) is 19.1 Å². The van der Waals surface area contributed by atoms with Crippen LogP contribution in [0.2, 0.25) is 0 Å². The first-order chi connectivity index (χ1) is 15.8. The summed E-state index contributed by atoms with van der Waals surface area (Å²) in [6.45, 7) is 4.06. The number of amides is 1. The lowest BCUT2D eigenvalue weighted by Crippen LogP contribution is -2.42. The number of piperidine rings is 1. The van der Waals surface area contributed by atoms with Gasteiger partial charge in [0, 0.05) is 23.7 Å². The molecule has 1 aliphatic heterocycles. The number of carbonyl (C=O) groups excluding carboxylic acids is 1. The fraction of sp³-hybridized carbons (Fsp3) is 0.348. The number of nitrogens with zero attached hydrogens (tertiary/aromatic N) is 3. The lowest BCUT2D eigenvalue weighted by molar-refractivity contribution is 0.0932. The van der Waals surface area contributed by atoms with Gasteiger partial charge in [-0.3, -0.25) is 4.79 Å². The molecule has 0 bridgehead atoms. The van der Waals surface area contributed by atoms with E-state index in [9.17, 15) is 17.6 Å². The van der Waals surface area contributed by atoms with E-state index in [2.05, 4.69) is 15.5 Å². The van der Waals surface area contributed by atoms with Crippen LogP contribution in [0.1, 0.15) is 55.4 Å². The third kappa shape index (κ3) is 4.96. The maximum Gasteiger partial charge on any atom is 0.251 e. The summed E-state index contributed by atoms with van der Waals surface area (Å²) in [6.07, 6.45) is 2.65. The van der Waals surface area contributed by atoms with Crippen molar-refractivity contribution in [2.75, 3.05) is 6.54 Å². The molecule has 0 aliphatic carbocycles. The summed E-state index contributed by atoms with van der Waals surface area (Å²) in [5.74, 6) is -0.390. The molecule has 4 rings (SSSR count). The smallest absolute Gasteiger partial charge is 0.251 e. The van der Waals surface area contributed by atoms with Crippen LogP contribution < -0.4 is 5.32 Å². The Morgan fingerprint density at radius 2 is 1.97 bits per heavy atom. The molecular weight excluding hydrogens is 447 g/mol. The van der Waals surface area contributed by atoms with Crippen molar-refractivity contribution in [1.82, 2.24) is 19.8 Å². The molecule has 0 saturated carbocycles. The molecule has 1 fully saturated rings. The van der Waals surface area contributed by atoms with E-state index in [-0.39, 0.29) is 34.0 Å². The zero-order valence-corrected chi connectivity index (χ0v) is 19.2. The van der Waals surface area contributed by atoms with Gasteiger partial charge in [0.1, 0.15) is 11.9 Å². The number of benzene rings is 2. The first kappa shape index (κ1) is 23.1. The molecule has 2 aromatic carbocycles. The van der Waals surface area contributed by atoms with Gasteiger partial charge in [0.25, 0.3) is 5.91 Å². The Labute approximate surface area is 191 Å². The Morgan fingerprint density at radius 3 is 2.70 bits per heavy atom. The Morgan fingerprint density at radius 1 is 1.21 bits per heavy atom. The Balaban J connectivity index is 1.48. The predicted molar refractivity (Wildman–Crippen MR) is 119 cm³/mol. The predicted octanol–water partition coefficient (Wildman–Crippen LogP) is 3.93. The van der Waals surface area contributed by atoms with Gasteiger partial charge in [0.05, 0.1) is 4.90 Å². The SMILES string of the molecule is CC(NC(=O)c1cccc(S(=O)(=O)N2CCCCC2C)c1)c1nc(-c2ccc(F)cc2)no1. The van der Waals surface area contributed by atoms with E-state index < -0.39 is 22.0 Å². The fourth-order valence-electron chi connectivity index (χ4n) is 3.83. The van der Waals surface area contributed by atoms with Gasteiger partial charge in [-0.1, -0.05) is 17.6 Å². The maximum absolute atomic E-state index is 13.1. The Bertz CT molecular complexity index is 1240. The van der Waals surface area contributed by atoms with Crippen LogP contribution in [0.5, 0.6) is 0 Å². The van der Waals surface area contributed by atoms with E-state index >= 15 is 0 Å². The summed E-state index contributed by atoms with van der Waals surface area (Å²) in [7, 11) is -3.69. The molecule has 1 saturated heterocycles. The molecule has 10 heteroatoms. The average Bonchev–Trinajstić information content (AvgIpc) is 3.30. The number of rotatable bonds is 6. The van der Waals surface area contributed by atoms with Crippen LogP contribution in [0, 0.1) is 5.82 Å². The minimum atomic E-state index is -3.69.